The Balaban J connectivity index is 1.88. The van der Waals surface area contributed by atoms with Crippen LogP contribution in [0.15, 0.2) is 9.52 Å². The summed E-state index contributed by atoms with van der Waals surface area (Å²) >= 11 is 2.10. The van der Waals surface area contributed by atoms with E-state index < -0.39 is 0 Å². The van der Waals surface area contributed by atoms with Gasteiger partial charge >= 0.3 is 0 Å². The highest BCUT2D eigenvalue weighted by Crippen LogP contribution is 2.28. The van der Waals surface area contributed by atoms with Gasteiger partial charge in [0.15, 0.2) is 5.96 Å². The molecule has 1 aromatic rings. The standard InChI is InChI=1S/C18H32N4OS/c1-5-19-18(20-11-10-17-13(3)22-23-14(17)4)21-15-8-7-9-16(12-15)24-6-2/h15-16H,5-12H2,1-4H3,(H2,19,20,21). The number of guanidine groups is 1. The van der Waals surface area contributed by atoms with E-state index in [9.17, 15) is 0 Å². The fourth-order valence-electron chi connectivity index (χ4n) is 3.31. The number of nitrogens with zero attached hydrogens (tertiary/aromatic N) is 2. The largest absolute Gasteiger partial charge is 0.361 e. The number of nitrogens with one attached hydrogen (secondary N) is 2. The van der Waals surface area contributed by atoms with Crippen LogP contribution < -0.4 is 10.6 Å². The van der Waals surface area contributed by atoms with E-state index >= 15 is 0 Å². The third-order valence-corrected chi connectivity index (χ3v) is 5.76. The molecule has 2 N–H and O–H groups in total. The van der Waals surface area contributed by atoms with Crippen molar-refractivity contribution in [2.75, 3.05) is 18.8 Å². The Morgan fingerprint density at radius 3 is 2.83 bits per heavy atom. The summed E-state index contributed by atoms with van der Waals surface area (Å²) in [7, 11) is 0. The van der Waals surface area contributed by atoms with Crippen molar-refractivity contribution in [1.82, 2.24) is 15.8 Å². The van der Waals surface area contributed by atoms with Crippen molar-refractivity contribution in [3.63, 3.8) is 0 Å². The molecule has 0 bridgehead atoms. The molecule has 1 aliphatic carbocycles. The van der Waals surface area contributed by atoms with Gasteiger partial charge in [0.05, 0.1) is 5.69 Å². The molecule has 2 unspecified atom stereocenters. The second-order valence-electron chi connectivity index (χ2n) is 6.40. The SMILES string of the molecule is CCNC(=NCCc1c(C)noc1C)NC1CCCC(SCC)C1. The zero-order chi connectivity index (χ0) is 17.4. The number of aryl methyl sites for hydroxylation is 2. The van der Waals surface area contributed by atoms with Crippen LogP contribution in [0.5, 0.6) is 0 Å². The fraction of sp³-hybridized carbons (Fsp3) is 0.778. The van der Waals surface area contributed by atoms with Crippen LogP contribution in [0, 0.1) is 13.8 Å². The van der Waals surface area contributed by atoms with Crippen LogP contribution in [-0.4, -0.2) is 41.3 Å². The van der Waals surface area contributed by atoms with Crippen molar-refractivity contribution in [3.8, 4) is 0 Å². The van der Waals surface area contributed by atoms with Crippen molar-refractivity contribution < 1.29 is 4.52 Å². The van der Waals surface area contributed by atoms with E-state index in [1.54, 1.807) is 0 Å². The van der Waals surface area contributed by atoms with Gasteiger partial charge in [-0.05, 0) is 52.2 Å². The van der Waals surface area contributed by atoms with Crippen LogP contribution in [0.3, 0.4) is 0 Å². The summed E-state index contributed by atoms with van der Waals surface area (Å²) in [5.41, 5.74) is 2.17. The molecule has 5 nitrogen and oxygen atoms in total. The van der Waals surface area contributed by atoms with E-state index in [-0.39, 0.29) is 0 Å². The Kier molecular flexibility index (Phi) is 7.95. The van der Waals surface area contributed by atoms with E-state index in [1.807, 2.05) is 13.8 Å². The first-order valence-corrected chi connectivity index (χ1v) is 10.3. The molecule has 0 amide bonds. The second kappa shape index (κ2) is 9.97. The topological polar surface area (TPSA) is 62.5 Å². The van der Waals surface area contributed by atoms with Crippen molar-refractivity contribution in [1.29, 1.82) is 0 Å². The average Bonchev–Trinajstić information content (AvgIpc) is 2.87. The summed E-state index contributed by atoms with van der Waals surface area (Å²) in [4.78, 5) is 4.75. The fourth-order valence-corrected chi connectivity index (χ4v) is 4.49. The first kappa shape index (κ1) is 19.2. The van der Waals surface area contributed by atoms with Gasteiger partial charge in [0, 0.05) is 29.9 Å². The van der Waals surface area contributed by atoms with Crippen LogP contribution in [0.2, 0.25) is 0 Å². The molecule has 1 fully saturated rings. The molecule has 6 heteroatoms. The number of thioether (sulfide) groups is 1. The second-order valence-corrected chi connectivity index (χ2v) is 7.98. The number of hydrogen-bond acceptors (Lipinski definition) is 4. The first-order valence-electron chi connectivity index (χ1n) is 9.22. The van der Waals surface area contributed by atoms with Gasteiger partial charge in [-0.2, -0.15) is 11.8 Å². The summed E-state index contributed by atoms with van der Waals surface area (Å²) in [6.45, 7) is 9.96. The molecule has 1 saturated carbocycles. The minimum absolute atomic E-state index is 0.541. The number of aromatic nitrogens is 1. The van der Waals surface area contributed by atoms with Crippen LogP contribution in [0.1, 0.15) is 56.5 Å². The molecule has 136 valence electrons. The number of aliphatic imine (C=N–C) groups is 1. The van der Waals surface area contributed by atoms with Crippen molar-refractivity contribution in [2.24, 2.45) is 4.99 Å². The lowest BCUT2D eigenvalue weighted by molar-refractivity contribution is 0.392. The zero-order valence-corrected chi connectivity index (χ0v) is 16.3. The van der Waals surface area contributed by atoms with Crippen molar-refractivity contribution >= 4 is 17.7 Å². The molecular weight excluding hydrogens is 320 g/mol. The van der Waals surface area contributed by atoms with E-state index in [2.05, 4.69) is 41.4 Å². The molecule has 1 heterocycles. The predicted octanol–water partition coefficient (Wildman–Crippen LogP) is 3.45. The lowest BCUT2D eigenvalue weighted by Crippen LogP contribution is -2.45. The zero-order valence-electron chi connectivity index (χ0n) is 15.5. The molecule has 0 spiro atoms. The molecule has 1 aromatic heterocycles. The van der Waals surface area contributed by atoms with Crippen molar-refractivity contribution in [3.05, 3.63) is 17.0 Å². The molecule has 1 aliphatic rings. The summed E-state index contributed by atoms with van der Waals surface area (Å²) in [5.74, 6) is 3.06. The normalized spacial score (nSPS) is 21.8. The van der Waals surface area contributed by atoms with E-state index in [0.29, 0.717) is 6.04 Å². The first-order chi connectivity index (χ1) is 11.6. The predicted molar refractivity (Wildman–Crippen MR) is 103 cm³/mol. The van der Waals surface area contributed by atoms with E-state index in [1.165, 1.54) is 37.0 Å². The molecule has 0 radical (unpaired) electrons. The van der Waals surface area contributed by atoms with E-state index in [4.69, 9.17) is 9.52 Å². The van der Waals surface area contributed by atoms with Gasteiger partial charge in [0.1, 0.15) is 5.76 Å². The number of hydrogen-bond donors (Lipinski definition) is 2. The summed E-state index contributed by atoms with van der Waals surface area (Å²) in [6.07, 6.45) is 6.03. The maximum absolute atomic E-state index is 5.22. The van der Waals surface area contributed by atoms with Crippen LogP contribution in [0.25, 0.3) is 0 Å². The summed E-state index contributed by atoms with van der Waals surface area (Å²) in [6, 6.07) is 0.541. The molecule has 2 rings (SSSR count). The molecule has 0 aromatic carbocycles. The van der Waals surface area contributed by atoms with Crippen LogP contribution in [-0.2, 0) is 6.42 Å². The lowest BCUT2D eigenvalue weighted by Gasteiger charge is -2.30. The quantitative estimate of drug-likeness (QED) is 0.581. The Bertz CT molecular complexity index is 508. The molecule has 0 aliphatic heterocycles. The van der Waals surface area contributed by atoms with Gasteiger partial charge in [-0.1, -0.05) is 18.5 Å². The molecule has 2 atom stereocenters. The highest BCUT2D eigenvalue weighted by atomic mass is 32.2. The number of rotatable bonds is 7. The van der Waals surface area contributed by atoms with Gasteiger partial charge in [-0.3, -0.25) is 4.99 Å². The van der Waals surface area contributed by atoms with Gasteiger partial charge in [0.2, 0.25) is 0 Å². The van der Waals surface area contributed by atoms with Crippen molar-refractivity contribution in [2.45, 2.75) is 71.1 Å². The monoisotopic (exact) mass is 352 g/mol. The Morgan fingerprint density at radius 2 is 2.17 bits per heavy atom. The van der Waals surface area contributed by atoms with E-state index in [0.717, 1.165) is 42.2 Å². The Hall–Kier alpha value is -1.17. The Labute approximate surface area is 150 Å². The molecule has 0 saturated heterocycles. The smallest absolute Gasteiger partial charge is 0.191 e. The van der Waals surface area contributed by atoms with Gasteiger partial charge in [-0.25, -0.2) is 0 Å². The van der Waals surface area contributed by atoms with Crippen LogP contribution >= 0.6 is 11.8 Å². The maximum Gasteiger partial charge on any atom is 0.191 e. The Morgan fingerprint density at radius 1 is 1.33 bits per heavy atom. The van der Waals surface area contributed by atoms with Gasteiger partial charge in [-0.15, -0.1) is 0 Å². The van der Waals surface area contributed by atoms with Crippen LogP contribution in [0.4, 0.5) is 0 Å². The minimum Gasteiger partial charge on any atom is -0.361 e. The third-order valence-electron chi connectivity index (χ3n) is 4.53. The highest BCUT2D eigenvalue weighted by molar-refractivity contribution is 7.99. The molecule has 24 heavy (non-hydrogen) atoms. The van der Waals surface area contributed by atoms with Gasteiger partial charge < -0.3 is 15.2 Å². The maximum atomic E-state index is 5.22. The summed E-state index contributed by atoms with van der Waals surface area (Å²) in [5, 5.41) is 11.8. The molecular formula is C18H32N4OS. The summed E-state index contributed by atoms with van der Waals surface area (Å²) < 4.78 is 5.22. The average molecular weight is 353 g/mol. The minimum atomic E-state index is 0.541. The van der Waals surface area contributed by atoms with Gasteiger partial charge in [0.25, 0.3) is 0 Å². The lowest BCUT2D eigenvalue weighted by atomic mass is 9.95. The highest BCUT2D eigenvalue weighted by Gasteiger charge is 2.22. The third kappa shape index (κ3) is 5.72.